The molecule has 0 fully saturated rings. The number of rotatable bonds is 3. The molecule has 1 atom stereocenters. The van der Waals surface area contributed by atoms with Crippen molar-refractivity contribution in [2.45, 2.75) is 13.0 Å². The van der Waals surface area contributed by atoms with Crippen LogP contribution in [-0.4, -0.2) is 22.4 Å². The molecule has 106 valence electrons. The van der Waals surface area contributed by atoms with Crippen molar-refractivity contribution < 1.29 is 9.18 Å². The van der Waals surface area contributed by atoms with Gasteiger partial charge in [-0.1, -0.05) is 18.2 Å². The number of benzene rings is 1. The Morgan fingerprint density at radius 2 is 2.05 bits per heavy atom. The highest BCUT2D eigenvalue weighted by Crippen LogP contribution is 2.24. The molecule has 1 heterocycles. The molecule has 0 saturated heterocycles. The average molecular weight is 339 g/mol. The number of aryl methyl sites for hydroxylation is 1. The SMILES string of the molecule is CC(c1ccccc1F)N(C)C(=O)c1cc(Br)cn1C. The molecule has 5 heteroatoms. The van der Waals surface area contributed by atoms with E-state index in [1.807, 2.05) is 13.1 Å². The summed E-state index contributed by atoms with van der Waals surface area (Å²) in [7, 11) is 3.49. The average Bonchev–Trinajstić information content (AvgIpc) is 2.76. The van der Waals surface area contributed by atoms with Gasteiger partial charge < -0.3 is 9.47 Å². The molecule has 20 heavy (non-hydrogen) atoms. The van der Waals surface area contributed by atoms with Gasteiger partial charge in [0.1, 0.15) is 11.5 Å². The maximum absolute atomic E-state index is 13.8. The molecule has 2 aromatic rings. The second-order valence-corrected chi connectivity index (χ2v) is 5.68. The molecule has 2 rings (SSSR count). The van der Waals surface area contributed by atoms with Crippen LogP contribution in [0.3, 0.4) is 0 Å². The summed E-state index contributed by atoms with van der Waals surface area (Å²) in [6.07, 6.45) is 1.81. The van der Waals surface area contributed by atoms with Gasteiger partial charge in [0.2, 0.25) is 0 Å². The van der Waals surface area contributed by atoms with Crippen LogP contribution < -0.4 is 0 Å². The summed E-state index contributed by atoms with van der Waals surface area (Å²) in [6.45, 7) is 1.81. The quantitative estimate of drug-likeness (QED) is 0.836. The van der Waals surface area contributed by atoms with Crippen LogP contribution in [0.1, 0.15) is 29.0 Å². The highest BCUT2D eigenvalue weighted by atomic mass is 79.9. The monoisotopic (exact) mass is 338 g/mol. The lowest BCUT2D eigenvalue weighted by Gasteiger charge is -2.25. The number of carbonyl (C=O) groups excluding carboxylic acids is 1. The summed E-state index contributed by atoms with van der Waals surface area (Å²) in [6, 6.07) is 7.94. The van der Waals surface area contributed by atoms with E-state index in [0.717, 1.165) is 4.47 Å². The smallest absolute Gasteiger partial charge is 0.270 e. The zero-order chi connectivity index (χ0) is 14.9. The van der Waals surface area contributed by atoms with Gasteiger partial charge in [-0.15, -0.1) is 0 Å². The van der Waals surface area contributed by atoms with E-state index >= 15 is 0 Å². The molecular weight excluding hydrogens is 323 g/mol. The van der Waals surface area contributed by atoms with Crippen LogP contribution in [0.2, 0.25) is 0 Å². The predicted molar refractivity (Wildman–Crippen MR) is 80.0 cm³/mol. The van der Waals surface area contributed by atoms with Gasteiger partial charge in [-0.3, -0.25) is 4.79 Å². The van der Waals surface area contributed by atoms with Crippen LogP contribution >= 0.6 is 15.9 Å². The molecule has 0 N–H and O–H groups in total. The van der Waals surface area contributed by atoms with Gasteiger partial charge in [0.25, 0.3) is 5.91 Å². The third-order valence-electron chi connectivity index (χ3n) is 3.45. The summed E-state index contributed by atoms with van der Waals surface area (Å²) >= 11 is 3.34. The van der Waals surface area contributed by atoms with Gasteiger partial charge >= 0.3 is 0 Å². The first kappa shape index (κ1) is 14.8. The molecule has 0 spiro atoms. The summed E-state index contributed by atoms with van der Waals surface area (Å²) < 4.78 is 16.4. The van der Waals surface area contributed by atoms with Crippen molar-refractivity contribution in [2.24, 2.45) is 7.05 Å². The zero-order valence-corrected chi connectivity index (χ0v) is 13.2. The van der Waals surface area contributed by atoms with E-state index < -0.39 is 0 Å². The molecule has 0 aliphatic rings. The second-order valence-electron chi connectivity index (χ2n) is 4.77. The van der Waals surface area contributed by atoms with Crippen LogP contribution in [0.25, 0.3) is 0 Å². The third-order valence-corrected chi connectivity index (χ3v) is 3.88. The Morgan fingerprint density at radius 1 is 1.40 bits per heavy atom. The van der Waals surface area contributed by atoms with Crippen LogP contribution in [0.15, 0.2) is 41.0 Å². The van der Waals surface area contributed by atoms with Crippen molar-refractivity contribution in [1.82, 2.24) is 9.47 Å². The summed E-state index contributed by atoms with van der Waals surface area (Å²) in [4.78, 5) is 14.0. The molecule has 1 amide bonds. The lowest BCUT2D eigenvalue weighted by atomic mass is 10.1. The standard InChI is InChI=1S/C15H16BrFN2O/c1-10(12-6-4-5-7-13(12)17)19(3)15(20)14-8-11(16)9-18(14)2/h4-10H,1-3H3. The highest BCUT2D eigenvalue weighted by Gasteiger charge is 2.23. The van der Waals surface area contributed by atoms with Crippen molar-refractivity contribution in [3.63, 3.8) is 0 Å². The fourth-order valence-corrected chi connectivity index (χ4v) is 2.64. The lowest BCUT2D eigenvalue weighted by molar-refractivity contribution is 0.0731. The normalized spacial score (nSPS) is 12.2. The number of aromatic nitrogens is 1. The van der Waals surface area contributed by atoms with Gasteiger partial charge in [0, 0.05) is 30.3 Å². The zero-order valence-electron chi connectivity index (χ0n) is 11.6. The van der Waals surface area contributed by atoms with Crippen molar-refractivity contribution in [3.8, 4) is 0 Å². The molecule has 0 aliphatic heterocycles. The fraction of sp³-hybridized carbons (Fsp3) is 0.267. The minimum atomic E-state index is -0.336. The maximum atomic E-state index is 13.8. The van der Waals surface area contributed by atoms with Crippen molar-refractivity contribution in [1.29, 1.82) is 0 Å². The van der Waals surface area contributed by atoms with E-state index in [1.54, 1.807) is 47.8 Å². The van der Waals surface area contributed by atoms with Crippen molar-refractivity contribution >= 4 is 21.8 Å². The minimum Gasteiger partial charge on any atom is -0.345 e. The molecule has 1 aromatic heterocycles. The van der Waals surface area contributed by atoms with Gasteiger partial charge in [-0.05, 0) is 35.0 Å². The minimum absolute atomic E-state index is 0.144. The summed E-state index contributed by atoms with van der Waals surface area (Å²) in [5, 5.41) is 0. The Morgan fingerprint density at radius 3 is 2.60 bits per heavy atom. The van der Waals surface area contributed by atoms with Gasteiger partial charge in [0.15, 0.2) is 0 Å². The van der Waals surface area contributed by atoms with Crippen LogP contribution in [0.5, 0.6) is 0 Å². The largest absolute Gasteiger partial charge is 0.345 e. The molecule has 3 nitrogen and oxygen atoms in total. The summed E-state index contributed by atoms with van der Waals surface area (Å²) in [5.41, 5.74) is 1.07. The summed E-state index contributed by atoms with van der Waals surface area (Å²) in [5.74, 6) is -0.443. The van der Waals surface area contributed by atoms with E-state index in [-0.39, 0.29) is 17.8 Å². The van der Waals surface area contributed by atoms with Crippen molar-refractivity contribution in [2.75, 3.05) is 7.05 Å². The number of nitrogens with zero attached hydrogens (tertiary/aromatic N) is 2. The molecule has 0 saturated carbocycles. The molecule has 0 radical (unpaired) electrons. The topological polar surface area (TPSA) is 25.2 Å². The first-order valence-corrected chi connectivity index (χ1v) is 7.04. The van der Waals surface area contributed by atoms with Crippen LogP contribution in [0.4, 0.5) is 4.39 Å². The Labute approximate surface area is 126 Å². The lowest BCUT2D eigenvalue weighted by Crippen LogP contribution is -2.31. The van der Waals surface area contributed by atoms with Gasteiger partial charge in [0.05, 0.1) is 6.04 Å². The van der Waals surface area contributed by atoms with E-state index in [4.69, 9.17) is 0 Å². The Kier molecular flexibility index (Phi) is 4.28. The van der Waals surface area contributed by atoms with Crippen LogP contribution in [-0.2, 0) is 7.05 Å². The number of hydrogen-bond donors (Lipinski definition) is 0. The maximum Gasteiger partial charge on any atom is 0.270 e. The first-order valence-electron chi connectivity index (χ1n) is 6.25. The number of halogens is 2. The van der Waals surface area contributed by atoms with E-state index in [1.165, 1.54) is 6.07 Å². The number of carbonyl (C=O) groups is 1. The predicted octanol–water partition coefficient (Wildman–Crippen LogP) is 3.76. The first-order chi connectivity index (χ1) is 9.41. The Hall–Kier alpha value is -1.62. The van der Waals surface area contributed by atoms with Gasteiger partial charge in [-0.25, -0.2) is 4.39 Å². The molecule has 1 aromatic carbocycles. The van der Waals surface area contributed by atoms with Gasteiger partial charge in [-0.2, -0.15) is 0 Å². The highest BCUT2D eigenvalue weighted by molar-refractivity contribution is 9.10. The van der Waals surface area contributed by atoms with E-state index in [2.05, 4.69) is 15.9 Å². The molecular formula is C15H16BrFN2O. The number of amides is 1. The second kappa shape index (κ2) is 5.79. The molecule has 0 bridgehead atoms. The molecule has 1 unspecified atom stereocenters. The third kappa shape index (κ3) is 2.77. The fourth-order valence-electron chi connectivity index (χ4n) is 2.12. The Bertz CT molecular complexity index is 639. The van der Waals surface area contributed by atoms with E-state index in [0.29, 0.717) is 11.3 Å². The van der Waals surface area contributed by atoms with Crippen LogP contribution in [0, 0.1) is 5.82 Å². The number of hydrogen-bond acceptors (Lipinski definition) is 1. The Balaban J connectivity index is 2.27. The van der Waals surface area contributed by atoms with Crippen molar-refractivity contribution in [3.05, 3.63) is 58.1 Å². The molecule has 0 aliphatic carbocycles. The van der Waals surface area contributed by atoms with E-state index in [9.17, 15) is 9.18 Å².